The molecule has 0 fully saturated rings. The average molecular weight is 425 g/mol. The van der Waals surface area contributed by atoms with E-state index in [0.717, 1.165) is 22.2 Å². The number of nitrogens with one attached hydrogen (secondary N) is 1. The molecule has 0 aliphatic heterocycles. The van der Waals surface area contributed by atoms with Crippen LogP contribution in [0, 0.1) is 0 Å². The van der Waals surface area contributed by atoms with Crippen molar-refractivity contribution in [1.82, 2.24) is 9.97 Å². The summed E-state index contributed by atoms with van der Waals surface area (Å²) in [4.78, 5) is 21.2. The smallest absolute Gasteiger partial charge is 0.337 e. The largest absolute Gasteiger partial charge is 1.00 e. The maximum Gasteiger partial charge on any atom is 0.337 e. The van der Waals surface area contributed by atoms with Crippen LogP contribution in [0.1, 0.15) is 10.4 Å². The molecule has 0 atom stereocenters. The van der Waals surface area contributed by atoms with Gasteiger partial charge in [0.2, 0.25) is 0 Å². The number of ether oxygens (including phenoxy) is 1. The minimum atomic E-state index is -0.395. The number of hydrogen-bond acceptors (Lipinski definition) is 5. The van der Waals surface area contributed by atoms with Crippen LogP contribution in [0.5, 0.6) is 0 Å². The number of para-hydroxylation sites is 1. The molecule has 0 saturated carbocycles. The zero-order valence-electron chi connectivity index (χ0n) is 15.4. The maximum atomic E-state index is 11.8. The predicted molar refractivity (Wildman–Crippen MR) is 111 cm³/mol. The highest BCUT2D eigenvalue weighted by Crippen LogP contribution is 2.30. The van der Waals surface area contributed by atoms with E-state index in [1.54, 1.807) is 18.2 Å². The van der Waals surface area contributed by atoms with Crippen molar-refractivity contribution in [2.24, 2.45) is 0 Å². The van der Waals surface area contributed by atoms with Gasteiger partial charge < -0.3 is 22.5 Å². The molecule has 0 radical (unpaired) electrons. The molecule has 0 amide bonds. The summed E-state index contributed by atoms with van der Waals surface area (Å²) in [5.41, 5.74) is 2.72. The van der Waals surface area contributed by atoms with Crippen molar-refractivity contribution in [3.05, 3.63) is 83.4 Å². The standard InChI is InChI=1S/C22H16ClN3O2.ClH/c1-28-22(27)14-7-6-8-15(13-14)24-21-17-10-3-5-12-19(17)25-20(26-21)16-9-2-4-11-18(16)23;/h2-13H,1H3,(H,24,25,26);1H/p-1. The van der Waals surface area contributed by atoms with Crippen LogP contribution in [0.4, 0.5) is 11.5 Å². The molecule has 146 valence electrons. The Bertz CT molecular complexity index is 1180. The zero-order chi connectivity index (χ0) is 19.5. The lowest BCUT2D eigenvalue weighted by molar-refractivity contribution is -0.0000200. The SMILES string of the molecule is COC(=O)c1cccc(Nc2nc(-c3ccccc3Cl)nc3ccccc23)c1.[Cl-]. The summed E-state index contributed by atoms with van der Waals surface area (Å²) in [6.45, 7) is 0. The van der Waals surface area contributed by atoms with Crippen molar-refractivity contribution in [3.8, 4) is 11.4 Å². The van der Waals surface area contributed by atoms with E-state index < -0.39 is 5.97 Å². The van der Waals surface area contributed by atoms with Crippen molar-refractivity contribution >= 4 is 40.0 Å². The molecule has 4 aromatic rings. The van der Waals surface area contributed by atoms with Crippen molar-refractivity contribution < 1.29 is 21.9 Å². The number of benzene rings is 3. The van der Waals surface area contributed by atoms with E-state index in [9.17, 15) is 4.79 Å². The van der Waals surface area contributed by atoms with Gasteiger partial charge in [0.15, 0.2) is 5.82 Å². The Morgan fingerprint density at radius 1 is 0.966 bits per heavy atom. The van der Waals surface area contributed by atoms with Crippen LogP contribution < -0.4 is 17.7 Å². The average Bonchev–Trinajstić information content (AvgIpc) is 2.73. The summed E-state index contributed by atoms with van der Waals surface area (Å²) in [6.07, 6.45) is 0. The van der Waals surface area contributed by atoms with Gasteiger partial charge in [-0.1, -0.05) is 41.9 Å². The molecule has 7 heteroatoms. The van der Waals surface area contributed by atoms with Crippen molar-refractivity contribution in [2.45, 2.75) is 0 Å². The highest BCUT2D eigenvalue weighted by Gasteiger charge is 2.13. The van der Waals surface area contributed by atoms with E-state index in [1.807, 2.05) is 54.6 Å². The number of rotatable bonds is 4. The fraction of sp³-hybridized carbons (Fsp3) is 0.0455. The zero-order valence-corrected chi connectivity index (χ0v) is 16.9. The number of nitrogens with zero attached hydrogens (tertiary/aromatic N) is 2. The first-order valence-corrected chi connectivity index (χ1v) is 9.00. The van der Waals surface area contributed by atoms with Crippen LogP contribution in [-0.2, 0) is 4.74 Å². The van der Waals surface area contributed by atoms with Gasteiger partial charge in [-0.25, -0.2) is 14.8 Å². The topological polar surface area (TPSA) is 64.1 Å². The molecule has 5 nitrogen and oxygen atoms in total. The van der Waals surface area contributed by atoms with Crippen LogP contribution >= 0.6 is 11.6 Å². The van der Waals surface area contributed by atoms with E-state index >= 15 is 0 Å². The number of fused-ring (bicyclic) bond motifs is 1. The summed E-state index contributed by atoms with van der Waals surface area (Å²) in [7, 11) is 1.36. The summed E-state index contributed by atoms with van der Waals surface area (Å²) >= 11 is 6.34. The number of halogens is 2. The normalized spacial score (nSPS) is 10.3. The van der Waals surface area contributed by atoms with Gasteiger partial charge in [-0.2, -0.15) is 0 Å². The van der Waals surface area contributed by atoms with Crippen LogP contribution in [0.3, 0.4) is 0 Å². The molecular weight excluding hydrogens is 409 g/mol. The summed E-state index contributed by atoms with van der Waals surface area (Å²) in [5, 5.41) is 4.74. The Kier molecular flexibility index (Phi) is 6.32. The number of carbonyl (C=O) groups excluding carboxylic acids is 1. The molecule has 29 heavy (non-hydrogen) atoms. The molecule has 0 aliphatic rings. The van der Waals surface area contributed by atoms with Crippen LogP contribution in [0.2, 0.25) is 5.02 Å². The van der Waals surface area contributed by atoms with E-state index in [4.69, 9.17) is 21.3 Å². The minimum Gasteiger partial charge on any atom is -1.00 e. The molecule has 3 aromatic carbocycles. The fourth-order valence-corrected chi connectivity index (χ4v) is 3.13. The summed E-state index contributed by atoms with van der Waals surface area (Å²) < 4.78 is 4.79. The molecule has 4 rings (SSSR count). The van der Waals surface area contributed by atoms with Gasteiger partial charge in [0.25, 0.3) is 0 Å². The number of carbonyl (C=O) groups is 1. The van der Waals surface area contributed by atoms with Crippen LogP contribution in [-0.4, -0.2) is 23.0 Å². The third-order valence-electron chi connectivity index (χ3n) is 4.26. The summed E-state index contributed by atoms with van der Waals surface area (Å²) in [6, 6.07) is 22.2. The van der Waals surface area contributed by atoms with Gasteiger partial charge in [-0.15, -0.1) is 0 Å². The number of methoxy groups -OCH3 is 1. The third-order valence-corrected chi connectivity index (χ3v) is 4.59. The predicted octanol–water partition coefficient (Wildman–Crippen LogP) is 2.48. The maximum absolute atomic E-state index is 11.8. The third kappa shape index (κ3) is 4.31. The van der Waals surface area contributed by atoms with Crippen molar-refractivity contribution in [3.63, 3.8) is 0 Å². The fourth-order valence-electron chi connectivity index (χ4n) is 2.91. The van der Waals surface area contributed by atoms with E-state index in [1.165, 1.54) is 7.11 Å². The van der Waals surface area contributed by atoms with E-state index in [0.29, 0.717) is 22.2 Å². The van der Waals surface area contributed by atoms with Gasteiger partial charge in [0.05, 0.1) is 23.2 Å². The molecule has 0 bridgehead atoms. The van der Waals surface area contributed by atoms with Gasteiger partial charge in [-0.05, 0) is 42.5 Å². The Labute approximate surface area is 179 Å². The molecule has 0 saturated heterocycles. The second-order valence-corrected chi connectivity index (χ2v) is 6.50. The molecule has 0 aliphatic carbocycles. The van der Waals surface area contributed by atoms with Crippen LogP contribution in [0.25, 0.3) is 22.3 Å². The van der Waals surface area contributed by atoms with Crippen molar-refractivity contribution in [1.29, 1.82) is 0 Å². The van der Waals surface area contributed by atoms with Gasteiger partial charge >= 0.3 is 5.97 Å². The molecule has 1 N–H and O–H groups in total. The second kappa shape index (κ2) is 8.90. The lowest BCUT2D eigenvalue weighted by atomic mass is 10.1. The van der Waals surface area contributed by atoms with Crippen molar-refractivity contribution in [2.75, 3.05) is 12.4 Å². The number of hydrogen-bond donors (Lipinski definition) is 1. The first-order valence-electron chi connectivity index (χ1n) is 8.63. The first kappa shape index (κ1) is 20.6. The van der Waals surface area contributed by atoms with E-state index in [2.05, 4.69) is 10.3 Å². The number of esters is 1. The molecule has 0 spiro atoms. The first-order chi connectivity index (χ1) is 13.7. The lowest BCUT2D eigenvalue weighted by Gasteiger charge is -2.12. The second-order valence-electron chi connectivity index (χ2n) is 6.09. The van der Waals surface area contributed by atoms with E-state index in [-0.39, 0.29) is 12.4 Å². The monoisotopic (exact) mass is 424 g/mol. The Morgan fingerprint density at radius 3 is 2.52 bits per heavy atom. The van der Waals surface area contributed by atoms with Crippen LogP contribution in [0.15, 0.2) is 72.8 Å². The number of aromatic nitrogens is 2. The highest BCUT2D eigenvalue weighted by molar-refractivity contribution is 6.33. The molecular formula is C22H16Cl2N3O2-. The Morgan fingerprint density at radius 2 is 1.72 bits per heavy atom. The van der Waals surface area contributed by atoms with Gasteiger partial charge in [-0.3, -0.25) is 0 Å². The highest BCUT2D eigenvalue weighted by atomic mass is 35.5. The van der Waals surface area contributed by atoms with Gasteiger partial charge in [0, 0.05) is 16.6 Å². The Balaban J connectivity index is 0.00000240. The quantitative estimate of drug-likeness (QED) is 0.509. The number of anilines is 2. The molecule has 0 unspecified atom stereocenters. The molecule has 1 heterocycles. The lowest BCUT2D eigenvalue weighted by Crippen LogP contribution is -3.00. The van der Waals surface area contributed by atoms with Gasteiger partial charge in [0.1, 0.15) is 5.82 Å². The Hall–Kier alpha value is -3.15. The molecule has 1 aromatic heterocycles. The minimum absolute atomic E-state index is 0. The summed E-state index contributed by atoms with van der Waals surface area (Å²) in [5.74, 6) is 0.756.